The van der Waals surface area contributed by atoms with Crippen LogP contribution in [-0.4, -0.2) is 124 Å². The van der Waals surface area contributed by atoms with E-state index in [1.165, 1.54) is 21.9 Å². The number of rotatable bonds is 12. The van der Waals surface area contributed by atoms with Gasteiger partial charge in [0.1, 0.15) is 29.9 Å². The number of carbonyl (C=O) groups excluding carboxylic acids is 5. The van der Waals surface area contributed by atoms with Gasteiger partial charge in [0.15, 0.2) is 0 Å². The topological polar surface area (TPSA) is 198 Å². The summed E-state index contributed by atoms with van der Waals surface area (Å²) >= 11 is 0. The molecule has 2 saturated heterocycles. The minimum Gasteiger partial charge on any atom is -0.508 e. The molecule has 0 spiro atoms. The molecule has 4 N–H and O–H groups in total. The molecule has 0 radical (unpaired) electrons. The van der Waals surface area contributed by atoms with Gasteiger partial charge in [0.2, 0.25) is 17.7 Å². The number of hydrazine groups is 1. The fourth-order valence-electron chi connectivity index (χ4n) is 10.2. The molecule has 0 aliphatic carbocycles. The van der Waals surface area contributed by atoms with E-state index in [-0.39, 0.29) is 43.8 Å². The smallest absolute Gasteiger partial charge is 0.324 e. The number of fused-ring (bicyclic) bond motifs is 6. The zero-order valence-corrected chi connectivity index (χ0v) is 41.5. The van der Waals surface area contributed by atoms with Gasteiger partial charge in [-0.15, -0.1) is 0 Å². The number of methoxy groups -OCH3 is 1. The number of nitrogens with zero attached hydrogens (tertiary/aromatic N) is 5. The van der Waals surface area contributed by atoms with Gasteiger partial charge in [-0.2, -0.15) is 0 Å². The molecule has 4 amide bonds. The summed E-state index contributed by atoms with van der Waals surface area (Å²) in [6.07, 6.45) is 5.07. The molecule has 2 aromatic heterocycles. The van der Waals surface area contributed by atoms with Crippen molar-refractivity contribution in [2.24, 2.45) is 11.3 Å². The van der Waals surface area contributed by atoms with E-state index in [0.29, 0.717) is 43.5 Å². The van der Waals surface area contributed by atoms with E-state index < -0.39 is 59.2 Å². The van der Waals surface area contributed by atoms with Crippen LogP contribution in [0.25, 0.3) is 33.3 Å². The number of pyridine rings is 1. The number of aromatic hydroxyl groups is 1. The summed E-state index contributed by atoms with van der Waals surface area (Å²) in [6.45, 7) is 11.0. The zero-order valence-electron chi connectivity index (χ0n) is 41.5. The lowest BCUT2D eigenvalue weighted by Gasteiger charge is -2.37. The molecule has 3 aromatic carbocycles. The van der Waals surface area contributed by atoms with Crippen molar-refractivity contribution in [1.29, 1.82) is 0 Å². The van der Waals surface area contributed by atoms with Crippen LogP contribution in [0.15, 0.2) is 85.2 Å². The molecule has 5 aromatic rings. The van der Waals surface area contributed by atoms with Crippen molar-refractivity contribution < 1.29 is 38.6 Å². The minimum absolute atomic E-state index is 0.0216. The average molecular weight is 955 g/mol. The van der Waals surface area contributed by atoms with Crippen molar-refractivity contribution in [1.82, 2.24) is 40.4 Å². The van der Waals surface area contributed by atoms with E-state index in [9.17, 15) is 29.1 Å². The van der Waals surface area contributed by atoms with Crippen LogP contribution in [-0.2, 0) is 59.4 Å². The largest absolute Gasteiger partial charge is 0.508 e. The monoisotopic (exact) mass is 955 g/mol. The molecule has 16 heteroatoms. The summed E-state index contributed by atoms with van der Waals surface area (Å²) in [4.78, 5) is 77.8. The Morgan fingerprint density at radius 1 is 1.03 bits per heavy atom. The van der Waals surface area contributed by atoms with E-state index in [1.807, 2.05) is 68.6 Å². The van der Waals surface area contributed by atoms with Crippen LogP contribution < -0.4 is 16.1 Å². The third kappa shape index (κ3) is 10.6. The number of ether oxygens (including phenoxy) is 2. The van der Waals surface area contributed by atoms with Crippen molar-refractivity contribution in [2.75, 3.05) is 40.9 Å². The predicted octanol–water partition coefficient (Wildman–Crippen LogP) is 5.55. The molecule has 6 bridgehead atoms. The number of esters is 1. The van der Waals surface area contributed by atoms with Gasteiger partial charge in [-0.25, -0.2) is 5.43 Å². The molecule has 2 fully saturated rings. The molecular weight excluding hydrogens is 889 g/mol. The fraction of sp³-hybridized carbons (Fsp3) is 0.444. The Hall–Kier alpha value is -6.62. The lowest BCUT2D eigenvalue weighted by atomic mass is 9.84. The Balaban J connectivity index is 1.13. The number of aryl methyl sites for hydroxylation is 1. The molecule has 16 nitrogen and oxygen atoms in total. The number of cyclic esters (lactones) is 1. The highest BCUT2D eigenvalue weighted by atomic mass is 16.5. The highest BCUT2D eigenvalue weighted by Crippen LogP contribution is 2.41. The number of carbonyl (C=O) groups is 5. The zero-order chi connectivity index (χ0) is 50.0. The summed E-state index contributed by atoms with van der Waals surface area (Å²) in [7, 11) is 4.76. The van der Waals surface area contributed by atoms with E-state index in [0.717, 1.165) is 44.4 Å². The number of amides is 4. The van der Waals surface area contributed by atoms with Crippen molar-refractivity contribution >= 4 is 40.5 Å². The third-order valence-corrected chi connectivity index (χ3v) is 13.8. The van der Waals surface area contributed by atoms with Gasteiger partial charge < -0.3 is 34.3 Å². The molecule has 3 aliphatic rings. The Labute approximate surface area is 409 Å². The van der Waals surface area contributed by atoms with Gasteiger partial charge in [0.25, 0.3) is 5.91 Å². The Morgan fingerprint density at radius 3 is 2.53 bits per heavy atom. The van der Waals surface area contributed by atoms with Crippen LogP contribution in [0.1, 0.15) is 75.8 Å². The number of benzene rings is 3. The van der Waals surface area contributed by atoms with Gasteiger partial charge in [-0.05, 0) is 95.8 Å². The van der Waals surface area contributed by atoms with E-state index in [2.05, 4.69) is 58.5 Å². The molecular formula is C54H66N8O8. The van der Waals surface area contributed by atoms with Crippen LogP contribution in [0.5, 0.6) is 5.75 Å². The number of nitrogens with one attached hydrogen (secondary N) is 3. The van der Waals surface area contributed by atoms with E-state index >= 15 is 0 Å². The summed E-state index contributed by atoms with van der Waals surface area (Å²) in [5.74, 6) is -2.66. The summed E-state index contributed by atoms with van der Waals surface area (Å²) in [5.41, 5.74) is 10.6. The highest BCUT2D eigenvalue weighted by molar-refractivity contribution is 5.96. The number of phenols is 1. The molecule has 0 unspecified atom stereocenters. The van der Waals surface area contributed by atoms with Crippen LogP contribution in [0, 0.1) is 11.3 Å². The standard InChI is InChI=1S/C54H66N8O8/c1-9-61-44-18-17-35-26-39(44)40(49(61)41-28-55-20-19-36(41)30-69-8)27-54(4,5)31-70-53(68)42-16-13-21-62(58-42)51(66)43(24-33-22-37(35)25-38(63)23-33)56-50(65)48(32(2)3)60(7)45(64)29-59(6)52(67)47-46(57-47)34-14-11-10-12-15-34/h10-12,14-15,17-20,22-23,25-26,28,32,42-43,46-48,57-58,63H,9,13,16,21,24,27,29-31H2,1-8H3,(H,56,65)/t42-,43-,46+,47+,48-/m0/s1. The lowest BCUT2D eigenvalue weighted by molar-refractivity contribution is -0.155. The predicted molar refractivity (Wildman–Crippen MR) is 266 cm³/mol. The number of likely N-dealkylation sites (N-methyl/N-ethyl adjacent to an activating group) is 2. The maximum absolute atomic E-state index is 14.8. The fourth-order valence-corrected chi connectivity index (χ4v) is 10.2. The SMILES string of the molecule is CCn1c(-c2cnccc2COC)c2c3cc(ccc31)-c1cc(O)cc(c1)C[C@H](NC(=O)[C@H](C(C)C)N(C)C(=O)CN(C)C(=O)[C@@H]1N[C@@H]1c1ccccc1)C(=O)N1CCC[C@H](N1)C(=O)OCC(C)(C)C2. The Kier molecular flexibility index (Phi) is 14.8. The molecule has 8 rings (SSSR count). The molecule has 5 atom stereocenters. The first-order chi connectivity index (χ1) is 33.5. The normalized spacial score (nSPS) is 20.6. The second-order valence-electron chi connectivity index (χ2n) is 20.1. The first kappa shape index (κ1) is 49.8. The Morgan fingerprint density at radius 2 is 1.80 bits per heavy atom. The molecule has 370 valence electrons. The van der Waals surface area contributed by atoms with Gasteiger partial charge in [-0.3, -0.25) is 39.3 Å². The number of hydrogen-bond acceptors (Lipinski definition) is 11. The second-order valence-corrected chi connectivity index (χ2v) is 20.1. The molecule has 0 saturated carbocycles. The van der Waals surface area contributed by atoms with E-state index in [1.54, 1.807) is 32.5 Å². The molecule has 3 aliphatic heterocycles. The highest BCUT2D eigenvalue weighted by Gasteiger charge is 2.45. The van der Waals surface area contributed by atoms with Gasteiger partial charge in [0.05, 0.1) is 31.5 Å². The van der Waals surface area contributed by atoms with Crippen LogP contribution in [0.2, 0.25) is 0 Å². The summed E-state index contributed by atoms with van der Waals surface area (Å²) in [5, 5.41) is 19.9. The maximum Gasteiger partial charge on any atom is 0.324 e. The second kappa shape index (κ2) is 20.8. The molecule has 70 heavy (non-hydrogen) atoms. The van der Waals surface area contributed by atoms with Crippen molar-refractivity contribution in [3.63, 3.8) is 0 Å². The first-order valence-electron chi connectivity index (χ1n) is 24.2. The number of phenolic OH excluding ortho intramolecular Hbond substituents is 1. The quantitative estimate of drug-likeness (QED) is 0.0905. The van der Waals surface area contributed by atoms with Crippen LogP contribution in [0.4, 0.5) is 0 Å². The minimum atomic E-state index is -1.19. The third-order valence-electron chi connectivity index (χ3n) is 13.8. The van der Waals surface area contributed by atoms with Crippen LogP contribution in [0.3, 0.4) is 0 Å². The number of aromatic nitrogens is 2. The maximum atomic E-state index is 14.8. The van der Waals surface area contributed by atoms with E-state index in [4.69, 9.17) is 9.47 Å². The summed E-state index contributed by atoms with van der Waals surface area (Å²) in [6, 6.07) is 19.3. The average Bonchev–Trinajstić information content (AvgIpc) is 4.09. The number of hydrogen-bond donors (Lipinski definition) is 4. The van der Waals surface area contributed by atoms with Gasteiger partial charge in [-0.1, -0.05) is 70.2 Å². The van der Waals surface area contributed by atoms with Crippen molar-refractivity contribution in [3.8, 4) is 28.1 Å². The first-order valence-corrected chi connectivity index (χ1v) is 24.2. The van der Waals surface area contributed by atoms with Gasteiger partial charge in [0, 0.05) is 75.0 Å². The molecule has 5 heterocycles. The lowest BCUT2D eigenvalue weighted by Crippen LogP contribution is -2.62. The summed E-state index contributed by atoms with van der Waals surface area (Å²) < 4.78 is 14.0. The van der Waals surface area contributed by atoms with Crippen molar-refractivity contribution in [2.45, 2.75) is 104 Å². The Bertz CT molecular complexity index is 2770. The van der Waals surface area contributed by atoms with Gasteiger partial charge >= 0.3 is 5.97 Å². The van der Waals surface area contributed by atoms with Crippen molar-refractivity contribution in [3.05, 3.63) is 107 Å². The van der Waals surface area contributed by atoms with Crippen LogP contribution >= 0.6 is 0 Å².